The van der Waals surface area contributed by atoms with Crippen LogP contribution < -0.4 is 9.64 Å². The first-order valence-corrected chi connectivity index (χ1v) is 9.66. The molecule has 0 aromatic heterocycles. The van der Waals surface area contributed by atoms with Gasteiger partial charge in [-0.05, 0) is 29.8 Å². The molecule has 3 aromatic carbocycles. The number of piperazine rings is 1. The summed E-state index contributed by atoms with van der Waals surface area (Å²) in [6.45, 7) is 3.37. The van der Waals surface area contributed by atoms with E-state index in [0.29, 0.717) is 0 Å². The Balaban J connectivity index is 1.46. The van der Waals surface area contributed by atoms with Crippen molar-refractivity contribution in [3.8, 4) is 11.5 Å². The number of carbonyl (C=O) groups excluding carboxylic acids is 1. The van der Waals surface area contributed by atoms with Crippen molar-refractivity contribution in [3.05, 3.63) is 90.5 Å². The van der Waals surface area contributed by atoms with Gasteiger partial charge in [0.2, 0.25) is 0 Å². The van der Waals surface area contributed by atoms with Gasteiger partial charge in [-0.3, -0.25) is 4.90 Å². The summed E-state index contributed by atoms with van der Waals surface area (Å²) < 4.78 is 6.12. The molecule has 1 heterocycles. The maximum Gasteiger partial charge on any atom is 0.150 e. The molecule has 3 aromatic rings. The summed E-state index contributed by atoms with van der Waals surface area (Å²) in [5.41, 5.74) is 2.15. The third-order valence-electron chi connectivity index (χ3n) is 5.15. The molecule has 1 fully saturated rings. The fourth-order valence-corrected chi connectivity index (χ4v) is 3.69. The molecule has 0 bridgehead atoms. The number of carbonyl (C=O) groups is 1. The maximum absolute atomic E-state index is 11.7. The predicted octanol–water partition coefficient (Wildman–Crippen LogP) is 4.54. The van der Waals surface area contributed by atoms with Crippen LogP contribution in [-0.4, -0.2) is 37.4 Å². The van der Waals surface area contributed by atoms with Crippen LogP contribution in [0.4, 0.5) is 5.69 Å². The zero-order chi connectivity index (χ0) is 19.2. The van der Waals surface area contributed by atoms with Crippen LogP contribution in [0.3, 0.4) is 0 Å². The second-order valence-electron chi connectivity index (χ2n) is 6.90. The summed E-state index contributed by atoms with van der Waals surface area (Å²) in [5, 5.41) is 0. The van der Waals surface area contributed by atoms with E-state index >= 15 is 0 Å². The molecule has 0 amide bonds. The molecule has 0 radical (unpaired) electrons. The Morgan fingerprint density at radius 2 is 1.36 bits per heavy atom. The first-order chi connectivity index (χ1) is 13.8. The van der Waals surface area contributed by atoms with Crippen molar-refractivity contribution in [2.45, 2.75) is 6.04 Å². The van der Waals surface area contributed by atoms with Crippen LogP contribution in [0.1, 0.15) is 11.6 Å². The second-order valence-corrected chi connectivity index (χ2v) is 6.90. The van der Waals surface area contributed by atoms with Gasteiger partial charge in [0.25, 0.3) is 0 Å². The standard InChI is InChI=1S/C24H24N2O2/c27-19-23(20-9-3-1-4-10-20)26-17-15-25(16-18-26)22-13-7-8-14-24(22)28-21-11-5-2-6-12-21/h1-14,19,23H,15-18H2/t23-/m1/s1. The molecule has 1 aliphatic rings. The third kappa shape index (κ3) is 4.07. The van der Waals surface area contributed by atoms with Gasteiger partial charge in [0, 0.05) is 26.2 Å². The molecule has 1 atom stereocenters. The Labute approximate surface area is 166 Å². The zero-order valence-corrected chi connectivity index (χ0v) is 15.8. The zero-order valence-electron chi connectivity index (χ0n) is 15.8. The van der Waals surface area contributed by atoms with E-state index in [-0.39, 0.29) is 6.04 Å². The smallest absolute Gasteiger partial charge is 0.150 e. The number of para-hydroxylation sites is 3. The SMILES string of the molecule is O=C[C@H](c1ccccc1)N1CCN(c2ccccc2Oc2ccccc2)CC1. The lowest BCUT2D eigenvalue weighted by Crippen LogP contribution is -2.48. The Hall–Kier alpha value is -3.11. The third-order valence-corrected chi connectivity index (χ3v) is 5.15. The quantitative estimate of drug-likeness (QED) is 0.595. The molecule has 0 saturated carbocycles. The fraction of sp³-hybridized carbons (Fsp3) is 0.208. The molecular formula is C24H24N2O2. The molecule has 1 aliphatic heterocycles. The van der Waals surface area contributed by atoms with Gasteiger partial charge in [-0.1, -0.05) is 60.7 Å². The lowest BCUT2D eigenvalue weighted by Gasteiger charge is -2.39. The first kappa shape index (κ1) is 18.3. The monoisotopic (exact) mass is 372 g/mol. The molecule has 4 heteroatoms. The minimum absolute atomic E-state index is 0.181. The fourth-order valence-electron chi connectivity index (χ4n) is 3.69. The molecule has 0 unspecified atom stereocenters. The average molecular weight is 372 g/mol. The van der Waals surface area contributed by atoms with Crippen LogP contribution >= 0.6 is 0 Å². The molecule has 4 rings (SSSR count). The van der Waals surface area contributed by atoms with Crippen LogP contribution in [-0.2, 0) is 4.79 Å². The highest BCUT2D eigenvalue weighted by atomic mass is 16.5. The van der Waals surface area contributed by atoms with Gasteiger partial charge in [-0.15, -0.1) is 0 Å². The van der Waals surface area contributed by atoms with Crippen LogP contribution in [0.5, 0.6) is 11.5 Å². The van der Waals surface area contributed by atoms with E-state index in [1.54, 1.807) is 0 Å². The Morgan fingerprint density at radius 3 is 2.04 bits per heavy atom. The van der Waals surface area contributed by atoms with Crippen molar-refractivity contribution in [1.29, 1.82) is 0 Å². The van der Waals surface area contributed by atoms with E-state index in [1.807, 2.05) is 78.9 Å². The van der Waals surface area contributed by atoms with Gasteiger partial charge >= 0.3 is 0 Å². The molecule has 28 heavy (non-hydrogen) atoms. The van der Waals surface area contributed by atoms with E-state index < -0.39 is 0 Å². The Kier molecular flexibility index (Phi) is 5.69. The highest BCUT2D eigenvalue weighted by Crippen LogP contribution is 2.33. The summed E-state index contributed by atoms with van der Waals surface area (Å²) >= 11 is 0. The second kappa shape index (κ2) is 8.72. The number of aldehydes is 1. The number of hydrogen-bond acceptors (Lipinski definition) is 4. The van der Waals surface area contributed by atoms with Crippen LogP contribution in [0.15, 0.2) is 84.9 Å². The van der Waals surface area contributed by atoms with Crippen molar-refractivity contribution in [2.75, 3.05) is 31.1 Å². The summed E-state index contributed by atoms with van der Waals surface area (Å²) in [4.78, 5) is 16.3. The molecular weight excluding hydrogens is 348 g/mol. The molecule has 4 nitrogen and oxygen atoms in total. The lowest BCUT2D eigenvalue weighted by molar-refractivity contribution is -0.112. The first-order valence-electron chi connectivity index (χ1n) is 9.66. The van der Waals surface area contributed by atoms with Crippen LogP contribution in [0.2, 0.25) is 0 Å². The number of anilines is 1. The van der Waals surface area contributed by atoms with Crippen LogP contribution in [0, 0.1) is 0 Å². The number of ether oxygens (including phenoxy) is 1. The maximum atomic E-state index is 11.7. The number of rotatable bonds is 6. The van der Waals surface area contributed by atoms with Gasteiger partial charge in [-0.2, -0.15) is 0 Å². The van der Waals surface area contributed by atoms with Gasteiger partial charge in [0.05, 0.1) is 11.7 Å². The van der Waals surface area contributed by atoms with Crippen molar-refractivity contribution < 1.29 is 9.53 Å². The molecule has 0 N–H and O–H groups in total. The predicted molar refractivity (Wildman–Crippen MR) is 112 cm³/mol. The molecule has 0 aliphatic carbocycles. The highest BCUT2D eigenvalue weighted by Gasteiger charge is 2.25. The Morgan fingerprint density at radius 1 is 0.750 bits per heavy atom. The van der Waals surface area contributed by atoms with Gasteiger partial charge in [-0.25, -0.2) is 0 Å². The van der Waals surface area contributed by atoms with E-state index in [9.17, 15) is 4.79 Å². The summed E-state index contributed by atoms with van der Waals surface area (Å²) in [5.74, 6) is 1.69. The van der Waals surface area contributed by atoms with Gasteiger partial charge in [0.1, 0.15) is 12.0 Å². The minimum Gasteiger partial charge on any atom is -0.455 e. The van der Waals surface area contributed by atoms with E-state index in [2.05, 4.69) is 15.9 Å². The lowest BCUT2D eigenvalue weighted by atomic mass is 10.1. The van der Waals surface area contributed by atoms with E-state index in [4.69, 9.17) is 4.74 Å². The summed E-state index contributed by atoms with van der Waals surface area (Å²) in [6.07, 6.45) is 1.05. The van der Waals surface area contributed by atoms with Gasteiger partial charge in [0.15, 0.2) is 5.75 Å². The summed E-state index contributed by atoms with van der Waals surface area (Å²) in [6, 6.07) is 27.8. The normalized spacial score (nSPS) is 15.8. The van der Waals surface area contributed by atoms with E-state index in [1.165, 1.54) is 0 Å². The molecule has 1 saturated heterocycles. The minimum atomic E-state index is -0.181. The van der Waals surface area contributed by atoms with Crippen molar-refractivity contribution in [2.24, 2.45) is 0 Å². The Bertz CT molecular complexity index is 891. The average Bonchev–Trinajstić information content (AvgIpc) is 2.77. The number of benzene rings is 3. The number of nitrogens with zero attached hydrogens (tertiary/aromatic N) is 2. The van der Waals surface area contributed by atoms with Crippen LogP contribution in [0.25, 0.3) is 0 Å². The largest absolute Gasteiger partial charge is 0.455 e. The summed E-state index contributed by atoms with van der Waals surface area (Å²) in [7, 11) is 0. The molecule has 142 valence electrons. The van der Waals surface area contributed by atoms with Crippen molar-refractivity contribution in [3.63, 3.8) is 0 Å². The topological polar surface area (TPSA) is 32.8 Å². The molecule has 0 spiro atoms. The highest BCUT2D eigenvalue weighted by molar-refractivity contribution is 5.62. The van der Waals surface area contributed by atoms with Crippen molar-refractivity contribution in [1.82, 2.24) is 4.90 Å². The van der Waals surface area contributed by atoms with Gasteiger partial charge < -0.3 is 14.4 Å². The van der Waals surface area contributed by atoms with Crippen molar-refractivity contribution >= 4 is 12.0 Å². The number of hydrogen-bond donors (Lipinski definition) is 0. The van der Waals surface area contributed by atoms with E-state index in [0.717, 1.165) is 55.2 Å².